The first-order valence-electron chi connectivity index (χ1n) is 8.26. The molecule has 2 heterocycles. The van der Waals surface area contributed by atoms with Crippen molar-refractivity contribution >= 4 is 25.5 Å². The summed E-state index contributed by atoms with van der Waals surface area (Å²) < 4.78 is 23.4. The highest BCUT2D eigenvalue weighted by Gasteiger charge is 2.30. The maximum atomic E-state index is 12.2. The summed E-state index contributed by atoms with van der Waals surface area (Å²) in [7, 11) is 0.663. The monoisotopic (exact) mass is 366 g/mol. The minimum absolute atomic E-state index is 0.119. The molecule has 1 aliphatic heterocycles. The number of carbonyl (C=O) groups is 1. The number of carbonyl (C=O) groups excluding carboxylic acids is 1. The van der Waals surface area contributed by atoms with Gasteiger partial charge in [-0.05, 0) is 18.6 Å². The molecule has 136 valence electrons. The summed E-state index contributed by atoms with van der Waals surface area (Å²) >= 11 is 0. The van der Waals surface area contributed by atoms with E-state index < -0.39 is 20.6 Å². The second-order valence-electron chi connectivity index (χ2n) is 5.89. The number of hydrogen-bond acceptors (Lipinski definition) is 6. The minimum atomic E-state index is -1.31. The van der Waals surface area contributed by atoms with Gasteiger partial charge in [0, 0.05) is 30.6 Å². The second-order valence-corrected chi connectivity index (χ2v) is 7.06. The lowest BCUT2D eigenvalue weighted by atomic mass is 10.1. The number of nitrogens with zero attached hydrogens (tertiary/aromatic N) is 1. The Kier molecular flexibility index (Phi) is 6.04. The molecule has 0 aliphatic carbocycles. The molecule has 3 rings (SSSR count). The first-order valence-corrected chi connectivity index (χ1v) is 9.36. The predicted molar refractivity (Wildman–Crippen MR) is 94.9 cm³/mol. The zero-order valence-electron chi connectivity index (χ0n) is 14.4. The average molecular weight is 366 g/mol. The Hall–Kier alpha value is -1.50. The third kappa shape index (κ3) is 4.37. The highest BCUT2D eigenvalue weighted by atomic mass is 31.2. The molecule has 1 aromatic heterocycles. The summed E-state index contributed by atoms with van der Waals surface area (Å²) in [5.74, 6) is -0.441. The average Bonchev–Trinajstić information content (AvgIpc) is 3.18. The number of esters is 1. The van der Waals surface area contributed by atoms with Crippen molar-refractivity contribution in [3.05, 3.63) is 36.0 Å². The predicted octanol–water partition coefficient (Wildman–Crippen LogP) is 2.27. The van der Waals surface area contributed by atoms with Crippen LogP contribution in [0.1, 0.15) is 12.5 Å². The van der Waals surface area contributed by atoms with Gasteiger partial charge in [-0.25, -0.2) is 0 Å². The Morgan fingerprint density at radius 1 is 1.48 bits per heavy atom. The number of benzene rings is 1. The van der Waals surface area contributed by atoms with Crippen LogP contribution in [0, 0.1) is 0 Å². The van der Waals surface area contributed by atoms with Gasteiger partial charge in [-0.2, -0.15) is 0 Å². The van der Waals surface area contributed by atoms with Crippen LogP contribution in [0.4, 0.5) is 0 Å². The zero-order valence-corrected chi connectivity index (χ0v) is 15.3. The highest BCUT2D eigenvalue weighted by Crippen LogP contribution is 2.46. The summed E-state index contributed by atoms with van der Waals surface area (Å²) in [4.78, 5) is 12.2. The van der Waals surface area contributed by atoms with Crippen molar-refractivity contribution in [2.75, 3.05) is 19.8 Å². The topological polar surface area (TPSA) is 84.9 Å². The second kappa shape index (κ2) is 8.25. The number of aryl methyl sites for hydroxylation is 1. The van der Waals surface area contributed by atoms with Crippen LogP contribution in [-0.4, -0.2) is 42.5 Å². The number of aromatic nitrogens is 1. The standard InChI is InChI=1S/C17H23N2O5P/c1-3-22-25-23-11-13(24-25)10-21-17(20)15(18)8-12-9-19(2)16-7-5-4-6-14(12)16/h4-7,9,13,15H,3,8,10-11,18H2,1-2H3. The third-order valence-electron chi connectivity index (χ3n) is 3.97. The lowest BCUT2D eigenvalue weighted by Gasteiger charge is -2.13. The fraction of sp³-hybridized carbons (Fsp3) is 0.471. The van der Waals surface area contributed by atoms with E-state index in [0.29, 0.717) is 19.6 Å². The van der Waals surface area contributed by atoms with E-state index >= 15 is 0 Å². The van der Waals surface area contributed by atoms with Crippen molar-refractivity contribution < 1.29 is 23.1 Å². The normalized spacial score (nSPS) is 21.6. The molecule has 0 amide bonds. The summed E-state index contributed by atoms with van der Waals surface area (Å²) in [6.07, 6.45) is 2.13. The molecule has 0 spiro atoms. The molecular formula is C17H23N2O5P. The van der Waals surface area contributed by atoms with Gasteiger partial charge in [0.05, 0.1) is 13.2 Å². The number of hydrogen-bond donors (Lipinski definition) is 1. The van der Waals surface area contributed by atoms with Crippen LogP contribution in [0.3, 0.4) is 0 Å². The maximum absolute atomic E-state index is 12.2. The van der Waals surface area contributed by atoms with Gasteiger partial charge in [-0.3, -0.25) is 4.79 Å². The summed E-state index contributed by atoms with van der Waals surface area (Å²) in [6, 6.07) is 7.31. The van der Waals surface area contributed by atoms with Crippen LogP contribution in [0.5, 0.6) is 0 Å². The van der Waals surface area contributed by atoms with Crippen LogP contribution in [0.15, 0.2) is 30.5 Å². The van der Waals surface area contributed by atoms with E-state index in [0.717, 1.165) is 16.5 Å². The van der Waals surface area contributed by atoms with E-state index in [4.69, 9.17) is 24.0 Å². The van der Waals surface area contributed by atoms with Gasteiger partial charge in [-0.1, -0.05) is 18.2 Å². The molecule has 25 heavy (non-hydrogen) atoms. The summed E-state index contributed by atoms with van der Waals surface area (Å²) in [5, 5.41) is 1.10. The Balaban J connectivity index is 1.52. The van der Waals surface area contributed by atoms with E-state index in [-0.39, 0.29) is 12.7 Å². The Labute approximate surface area is 148 Å². The van der Waals surface area contributed by atoms with Crippen molar-refractivity contribution in [2.45, 2.75) is 25.5 Å². The Morgan fingerprint density at radius 3 is 3.08 bits per heavy atom. The molecule has 2 N–H and O–H groups in total. The molecule has 0 saturated carbocycles. The lowest BCUT2D eigenvalue weighted by molar-refractivity contribution is -0.147. The van der Waals surface area contributed by atoms with Crippen LogP contribution >= 0.6 is 8.60 Å². The highest BCUT2D eigenvalue weighted by molar-refractivity contribution is 7.42. The van der Waals surface area contributed by atoms with Crippen molar-refractivity contribution in [1.29, 1.82) is 0 Å². The maximum Gasteiger partial charge on any atom is 0.333 e. The first kappa shape index (κ1) is 18.3. The molecule has 3 atom stereocenters. The van der Waals surface area contributed by atoms with E-state index in [1.54, 1.807) is 0 Å². The fourth-order valence-electron chi connectivity index (χ4n) is 2.77. The van der Waals surface area contributed by atoms with E-state index in [1.165, 1.54) is 0 Å². The fourth-order valence-corrected chi connectivity index (χ4v) is 3.83. The number of rotatable bonds is 7. The molecule has 3 unspecified atom stereocenters. The molecular weight excluding hydrogens is 343 g/mol. The Bertz CT molecular complexity index is 735. The summed E-state index contributed by atoms with van der Waals surface area (Å²) in [5.41, 5.74) is 8.17. The molecule has 1 aliphatic rings. The SMILES string of the molecule is CCOP1OCC(COC(=O)C(N)Cc2cn(C)c3ccccc23)O1. The van der Waals surface area contributed by atoms with Gasteiger partial charge in [0.1, 0.15) is 18.8 Å². The molecule has 0 bridgehead atoms. The van der Waals surface area contributed by atoms with E-state index in [9.17, 15) is 4.79 Å². The number of fused-ring (bicyclic) bond motifs is 1. The molecule has 1 saturated heterocycles. The summed E-state index contributed by atoms with van der Waals surface area (Å²) in [6.45, 7) is 2.87. The van der Waals surface area contributed by atoms with Crippen molar-refractivity contribution in [2.24, 2.45) is 12.8 Å². The Morgan fingerprint density at radius 2 is 2.28 bits per heavy atom. The van der Waals surface area contributed by atoms with Gasteiger partial charge in [0.25, 0.3) is 0 Å². The van der Waals surface area contributed by atoms with Crippen LogP contribution in [0.2, 0.25) is 0 Å². The molecule has 1 aromatic carbocycles. The molecule has 1 fully saturated rings. The van der Waals surface area contributed by atoms with Gasteiger partial charge in [0.2, 0.25) is 0 Å². The van der Waals surface area contributed by atoms with E-state index in [1.807, 2.05) is 49.0 Å². The molecule has 7 nitrogen and oxygen atoms in total. The van der Waals surface area contributed by atoms with E-state index in [2.05, 4.69) is 0 Å². The van der Waals surface area contributed by atoms with Gasteiger partial charge in [0.15, 0.2) is 0 Å². The first-order chi connectivity index (χ1) is 12.1. The number of ether oxygens (including phenoxy) is 1. The molecule has 8 heteroatoms. The van der Waals surface area contributed by atoms with Crippen LogP contribution < -0.4 is 5.73 Å². The van der Waals surface area contributed by atoms with Gasteiger partial charge in [-0.15, -0.1) is 0 Å². The van der Waals surface area contributed by atoms with Crippen molar-refractivity contribution in [1.82, 2.24) is 4.57 Å². The van der Waals surface area contributed by atoms with Crippen LogP contribution in [0.25, 0.3) is 10.9 Å². The quantitative estimate of drug-likeness (QED) is 0.598. The van der Waals surface area contributed by atoms with Gasteiger partial charge < -0.3 is 28.6 Å². The van der Waals surface area contributed by atoms with Crippen LogP contribution in [-0.2, 0) is 36.6 Å². The third-order valence-corrected chi connectivity index (χ3v) is 5.27. The van der Waals surface area contributed by atoms with Crippen molar-refractivity contribution in [3.63, 3.8) is 0 Å². The number of nitrogens with two attached hydrogens (primary N) is 1. The molecule has 2 aromatic rings. The number of para-hydroxylation sites is 1. The zero-order chi connectivity index (χ0) is 17.8. The van der Waals surface area contributed by atoms with Gasteiger partial charge >= 0.3 is 14.6 Å². The largest absolute Gasteiger partial charge is 0.462 e. The minimum Gasteiger partial charge on any atom is -0.462 e. The van der Waals surface area contributed by atoms with Crippen molar-refractivity contribution in [3.8, 4) is 0 Å². The smallest absolute Gasteiger partial charge is 0.333 e. The molecule has 0 radical (unpaired) electrons. The lowest BCUT2D eigenvalue weighted by Crippen LogP contribution is -2.36.